The normalized spacial score (nSPS) is 13.5. The number of amides is 1. The van der Waals surface area contributed by atoms with E-state index in [0.717, 1.165) is 17.7 Å². The molecule has 0 saturated carbocycles. The molecule has 2 aromatic carbocycles. The number of hydrogen-bond acceptors (Lipinski definition) is 7. The van der Waals surface area contributed by atoms with Crippen molar-refractivity contribution in [2.24, 2.45) is 0 Å². The number of fused-ring (bicyclic) bond motifs is 1. The maximum Gasteiger partial charge on any atom is 0.279 e. The minimum absolute atomic E-state index is 0.00657. The van der Waals surface area contributed by atoms with E-state index in [1.165, 1.54) is 12.1 Å². The van der Waals surface area contributed by atoms with Gasteiger partial charge in [-0.2, -0.15) is 0 Å². The van der Waals surface area contributed by atoms with E-state index in [2.05, 4.69) is 9.71 Å². The fourth-order valence-electron chi connectivity index (χ4n) is 3.84. The van der Waals surface area contributed by atoms with Crippen molar-refractivity contribution in [3.05, 3.63) is 77.1 Å². The van der Waals surface area contributed by atoms with Crippen molar-refractivity contribution in [3.63, 3.8) is 0 Å². The highest BCUT2D eigenvalue weighted by atomic mass is 32.2. The number of carbonyl (C=O) groups is 1. The highest BCUT2D eigenvalue weighted by Gasteiger charge is 2.30. The Balaban J connectivity index is 1.67. The van der Waals surface area contributed by atoms with E-state index in [-0.39, 0.29) is 17.6 Å². The quantitative estimate of drug-likeness (QED) is 0.446. The summed E-state index contributed by atoms with van der Waals surface area (Å²) in [6.45, 7) is 8.05. The Bertz CT molecular complexity index is 1350. The highest BCUT2D eigenvalue weighted by molar-refractivity contribution is 7.90. The van der Waals surface area contributed by atoms with Gasteiger partial charge in [0.15, 0.2) is 11.5 Å². The number of carbonyl (C=O) groups excluding carboxylic acids is 1. The molecule has 1 atom stereocenters. The maximum atomic E-state index is 13.4. The van der Waals surface area contributed by atoms with E-state index in [9.17, 15) is 13.2 Å². The molecule has 1 unspecified atom stereocenters. The molecule has 3 aromatic rings. The average molecular weight is 511 g/mol. The van der Waals surface area contributed by atoms with Gasteiger partial charge < -0.3 is 14.2 Å². The molecule has 1 aromatic heterocycles. The first-order chi connectivity index (χ1) is 17.2. The standard InChI is InChI=1S/C27H30N2O6S/c1-5-20-10-14-23(22(6-2)28-20)35-26(19-9-13-24-25(15-19)34-16-33-24)27(30)29-36(31,32)21-11-7-18(8-12-21)17(3)4/h7-15,17,26H,5-6,16H2,1-4H3,(H,29,30). The summed E-state index contributed by atoms with van der Waals surface area (Å²) < 4.78 is 45.3. The molecular formula is C27H30N2O6S. The third-order valence-electron chi connectivity index (χ3n) is 5.96. The van der Waals surface area contributed by atoms with E-state index in [1.807, 2.05) is 33.8 Å². The molecule has 190 valence electrons. The average Bonchev–Trinajstić information content (AvgIpc) is 3.35. The SMILES string of the molecule is CCc1ccc(OC(C(=O)NS(=O)(=O)c2ccc(C(C)C)cc2)c2ccc3c(c2)OCO3)c(CC)n1. The molecule has 0 fully saturated rings. The molecule has 1 aliphatic heterocycles. The smallest absolute Gasteiger partial charge is 0.279 e. The van der Waals surface area contributed by atoms with Gasteiger partial charge in [-0.05, 0) is 60.7 Å². The predicted octanol–water partition coefficient (Wildman–Crippen LogP) is 4.68. The number of nitrogens with zero attached hydrogens (tertiary/aromatic N) is 1. The van der Waals surface area contributed by atoms with Gasteiger partial charge in [0.05, 0.1) is 10.6 Å². The summed E-state index contributed by atoms with van der Waals surface area (Å²) in [5.74, 6) is 0.824. The third-order valence-corrected chi connectivity index (χ3v) is 7.32. The van der Waals surface area contributed by atoms with Gasteiger partial charge in [0.2, 0.25) is 12.9 Å². The number of sulfonamides is 1. The molecule has 36 heavy (non-hydrogen) atoms. The lowest BCUT2D eigenvalue weighted by Crippen LogP contribution is -2.37. The number of nitrogens with one attached hydrogen (secondary N) is 1. The minimum atomic E-state index is -4.14. The first-order valence-electron chi connectivity index (χ1n) is 11.9. The van der Waals surface area contributed by atoms with E-state index in [0.29, 0.717) is 34.9 Å². The number of aromatic nitrogens is 1. The van der Waals surface area contributed by atoms with Crippen LogP contribution in [0.3, 0.4) is 0 Å². The second kappa shape index (κ2) is 10.6. The van der Waals surface area contributed by atoms with Crippen LogP contribution in [0.5, 0.6) is 17.2 Å². The van der Waals surface area contributed by atoms with Crippen LogP contribution in [0.1, 0.15) is 62.2 Å². The number of hydrogen-bond donors (Lipinski definition) is 1. The van der Waals surface area contributed by atoms with Crippen molar-refractivity contribution in [2.75, 3.05) is 6.79 Å². The summed E-state index contributed by atoms with van der Waals surface area (Å²) in [6.07, 6.45) is 0.0654. The lowest BCUT2D eigenvalue weighted by Gasteiger charge is -2.21. The van der Waals surface area contributed by atoms with Gasteiger partial charge in [0.1, 0.15) is 5.75 Å². The first kappa shape index (κ1) is 25.5. The van der Waals surface area contributed by atoms with Crippen LogP contribution in [-0.4, -0.2) is 26.1 Å². The zero-order valence-corrected chi connectivity index (χ0v) is 21.6. The van der Waals surface area contributed by atoms with Crippen molar-refractivity contribution in [1.82, 2.24) is 9.71 Å². The summed E-state index contributed by atoms with van der Waals surface area (Å²) in [4.78, 5) is 18.0. The van der Waals surface area contributed by atoms with Gasteiger partial charge in [-0.15, -0.1) is 0 Å². The summed E-state index contributed by atoms with van der Waals surface area (Å²) in [6, 6.07) is 15.0. The summed E-state index contributed by atoms with van der Waals surface area (Å²) >= 11 is 0. The van der Waals surface area contributed by atoms with Gasteiger partial charge in [-0.25, -0.2) is 13.1 Å². The van der Waals surface area contributed by atoms with Crippen LogP contribution in [0.15, 0.2) is 59.5 Å². The van der Waals surface area contributed by atoms with Crippen LogP contribution in [0.4, 0.5) is 0 Å². The molecule has 0 aliphatic carbocycles. The topological polar surface area (TPSA) is 104 Å². The monoisotopic (exact) mass is 510 g/mol. The molecule has 1 N–H and O–H groups in total. The van der Waals surface area contributed by atoms with Crippen LogP contribution in [0.25, 0.3) is 0 Å². The highest BCUT2D eigenvalue weighted by Crippen LogP contribution is 2.36. The summed E-state index contributed by atoms with van der Waals surface area (Å²) in [5, 5.41) is 0. The molecular weight excluding hydrogens is 480 g/mol. The molecule has 0 saturated heterocycles. The van der Waals surface area contributed by atoms with Crippen molar-refractivity contribution < 1.29 is 27.4 Å². The van der Waals surface area contributed by atoms with E-state index >= 15 is 0 Å². The number of aryl methyl sites for hydroxylation is 2. The molecule has 0 bridgehead atoms. The van der Waals surface area contributed by atoms with Gasteiger partial charge in [-0.3, -0.25) is 9.78 Å². The minimum Gasteiger partial charge on any atom is -0.474 e. The lowest BCUT2D eigenvalue weighted by atomic mass is 10.0. The van der Waals surface area contributed by atoms with Gasteiger partial charge >= 0.3 is 0 Å². The largest absolute Gasteiger partial charge is 0.474 e. The zero-order valence-electron chi connectivity index (χ0n) is 20.8. The molecule has 4 rings (SSSR count). The van der Waals surface area contributed by atoms with Crippen molar-refractivity contribution in [1.29, 1.82) is 0 Å². The maximum absolute atomic E-state index is 13.4. The van der Waals surface area contributed by atoms with Crippen molar-refractivity contribution in [2.45, 2.75) is 57.5 Å². The van der Waals surface area contributed by atoms with Crippen LogP contribution >= 0.6 is 0 Å². The van der Waals surface area contributed by atoms with E-state index in [1.54, 1.807) is 36.4 Å². The third kappa shape index (κ3) is 5.46. The molecule has 8 nitrogen and oxygen atoms in total. The summed E-state index contributed by atoms with van der Waals surface area (Å²) in [5.41, 5.74) is 3.00. The molecule has 1 amide bonds. The molecule has 9 heteroatoms. The predicted molar refractivity (Wildman–Crippen MR) is 135 cm³/mol. The van der Waals surface area contributed by atoms with Gasteiger partial charge in [0, 0.05) is 11.3 Å². The van der Waals surface area contributed by atoms with E-state index in [4.69, 9.17) is 14.2 Å². The molecule has 0 radical (unpaired) electrons. The number of rotatable bonds is 9. The van der Waals surface area contributed by atoms with Crippen molar-refractivity contribution in [3.8, 4) is 17.2 Å². The Morgan fingerprint density at radius 1 is 0.972 bits per heavy atom. The lowest BCUT2D eigenvalue weighted by molar-refractivity contribution is -0.126. The Kier molecular flexibility index (Phi) is 7.49. The summed E-state index contributed by atoms with van der Waals surface area (Å²) in [7, 11) is -4.14. The van der Waals surface area contributed by atoms with Gasteiger partial charge in [-0.1, -0.05) is 45.9 Å². The van der Waals surface area contributed by atoms with Gasteiger partial charge in [0.25, 0.3) is 15.9 Å². The second-order valence-corrected chi connectivity index (χ2v) is 10.4. The number of benzene rings is 2. The molecule has 0 spiro atoms. The van der Waals surface area contributed by atoms with E-state index < -0.39 is 22.0 Å². The van der Waals surface area contributed by atoms with Crippen molar-refractivity contribution >= 4 is 15.9 Å². The van der Waals surface area contributed by atoms with Crippen LogP contribution in [0, 0.1) is 0 Å². The number of ether oxygens (including phenoxy) is 3. The first-order valence-corrected chi connectivity index (χ1v) is 13.4. The van der Waals surface area contributed by atoms with Crippen LogP contribution < -0.4 is 18.9 Å². The van der Waals surface area contributed by atoms with Crippen LogP contribution in [0.2, 0.25) is 0 Å². The Hall–Kier alpha value is -3.59. The zero-order chi connectivity index (χ0) is 25.9. The molecule has 2 heterocycles. The fourth-order valence-corrected chi connectivity index (χ4v) is 4.83. The Morgan fingerprint density at radius 3 is 2.33 bits per heavy atom. The molecule has 1 aliphatic rings. The second-order valence-electron chi connectivity index (χ2n) is 8.76. The Morgan fingerprint density at radius 2 is 1.67 bits per heavy atom. The fraction of sp³-hybridized carbons (Fsp3) is 0.333. The Labute approximate surface area is 211 Å². The van der Waals surface area contributed by atoms with Crippen LogP contribution in [-0.2, 0) is 27.7 Å². The number of pyridine rings is 1.